The van der Waals surface area contributed by atoms with Crippen molar-refractivity contribution in [3.05, 3.63) is 62.5 Å². The van der Waals surface area contributed by atoms with Gasteiger partial charge in [-0.25, -0.2) is 0 Å². The molecule has 0 N–H and O–H groups in total. The van der Waals surface area contributed by atoms with E-state index in [1.807, 2.05) is 0 Å². The van der Waals surface area contributed by atoms with Gasteiger partial charge in [-0.05, 0) is 88.6 Å². The van der Waals surface area contributed by atoms with Crippen LogP contribution < -0.4 is 0 Å². The SMILES string of the molecule is CC(C)(C)C1=CC2C(C=C1)C1C=CC(C(C)(C)C)=CC1C2C1(C2CCCC2)CCCCC1.[CH3-].[CH3-].[Zr+4]. The second-order valence-corrected chi connectivity index (χ2v) is 14.1. The van der Waals surface area contributed by atoms with Gasteiger partial charge in [-0.2, -0.15) is 0 Å². The average molecular weight is 554 g/mol. The van der Waals surface area contributed by atoms with Crippen LogP contribution in [0.4, 0.5) is 0 Å². The van der Waals surface area contributed by atoms with Crippen molar-refractivity contribution in [1.29, 1.82) is 0 Å². The topological polar surface area (TPSA) is 0 Å². The van der Waals surface area contributed by atoms with E-state index in [9.17, 15) is 0 Å². The van der Waals surface area contributed by atoms with E-state index < -0.39 is 0 Å². The van der Waals surface area contributed by atoms with E-state index in [0.29, 0.717) is 17.3 Å². The van der Waals surface area contributed by atoms with Gasteiger partial charge in [-0.15, -0.1) is 0 Å². The van der Waals surface area contributed by atoms with Crippen molar-refractivity contribution in [3.8, 4) is 0 Å². The molecule has 1 heteroatoms. The van der Waals surface area contributed by atoms with Gasteiger partial charge in [0.25, 0.3) is 0 Å². The third kappa shape index (κ3) is 5.52. The molecule has 3 fully saturated rings. The molecule has 0 aliphatic heterocycles. The fourth-order valence-corrected chi connectivity index (χ4v) is 8.64. The summed E-state index contributed by atoms with van der Waals surface area (Å²) in [6, 6.07) is 0. The molecule has 192 valence electrons. The van der Waals surface area contributed by atoms with Crippen molar-refractivity contribution in [2.24, 2.45) is 51.8 Å². The molecule has 5 aliphatic carbocycles. The summed E-state index contributed by atoms with van der Waals surface area (Å²) in [4.78, 5) is 0. The first-order valence-corrected chi connectivity index (χ1v) is 13.9. The molecule has 0 nitrogen and oxygen atoms in total. The Morgan fingerprint density at radius 1 is 0.629 bits per heavy atom. The van der Waals surface area contributed by atoms with Gasteiger partial charge in [0.05, 0.1) is 0 Å². The molecule has 4 unspecified atom stereocenters. The Morgan fingerprint density at radius 3 is 1.46 bits per heavy atom. The minimum Gasteiger partial charge on any atom is -0.358 e. The maximum atomic E-state index is 2.79. The molecule has 0 radical (unpaired) electrons. The van der Waals surface area contributed by atoms with Crippen LogP contribution in [0.15, 0.2) is 47.6 Å². The molecule has 5 rings (SSSR count). The fourth-order valence-electron chi connectivity index (χ4n) is 8.64. The Hall–Kier alpha value is -0.157. The van der Waals surface area contributed by atoms with Gasteiger partial charge in [-0.3, -0.25) is 0 Å². The van der Waals surface area contributed by atoms with Crippen LogP contribution in [0.3, 0.4) is 0 Å². The predicted octanol–water partition coefficient (Wildman–Crippen LogP) is 10.2. The zero-order valence-electron chi connectivity index (χ0n) is 24.3. The van der Waals surface area contributed by atoms with Crippen LogP contribution in [0.5, 0.6) is 0 Å². The third-order valence-corrected chi connectivity index (χ3v) is 10.3. The molecular formula is C34H54Zr+2. The number of hydrogen-bond acceptors (Lipinski definition) is 0. The molecule has 3 saturated carbocycles. The van der Waals surface area contributed by atoms with Gasteiger partial charge < -0.3 is 14.9 Å². The summed E-state index contributed by atoms with van der Waals surface area (Å²) in [5.74, 6) is 4.65. The maximum absolute atomic E-state index is 2.79. The van der Waals surface area contributed by atoms with Crippen LogP contribution in [-0.2, 0) is 26.2 Å². The Labute approximate surface area is 238 Å². The van der Waals surface area contributed by atoms with E-state index in [1.54, 1.807) is 11.1 Å². The zero-order chi connectivity index (χ0) is 22.7. The molecule has 0 saturated heterocycles. The Bertz CT molecular complexity index is 775. The molecule has 0 heterocycles. The summed E-state index contributed by atoms with van der Waals surface area (Å²) in [5, 5.41) is 0. The van der Waals surface area contributed by atoms with Crippen LogP contribution in [-0.4, -0.2) is 0 Å². The summed E-state index contributed by atoms with van der Waals surface area (Å²) in [6.45, 7) is 14.4. The Balaban J connectivity index is 0.00000144. The van der Waals surface area contributed by atoms with Crippen molar-refractivity contribution >= 4 is 0 Å². The first-order valence-electron chi connectivity index (χ1n) is 13.9. The van der Waals surface area contributed by atoms with Gasteiger partial charge in [-0.1, -0.05) is 110 Å². The Kier molecular flexibility index (Phi) is 10.0. The minimum atomic E-state index is 0. The molecule has 0 bridgehead atoms. The van der Waals surface area contributed by atoms with Crippen molar-refractivity contribution < 1.29 is 26.2 Å². The van der Waals surface area contributed by atoms with Gasteiger partial charge in [0.2, 0.25) is 0 Å². The number of fused-ring (bicyclic) bond motifs is 3. The van der Waals surface area contributed by atoms with Crippen LogP contribution in [0, 0.1) is 66.6 Å². The number of rotatable bonds is 2. The van der Waals surface area contributed by atoms with Crippen molar-refractivity contribution in [1.82, 2.24) is 0 Å². The number of hydrogen-bond donors (Lipinski definition) is 0. The van der Waals surface area contributed by atoms with E-state index in [-0.39, 0.29) is 51.9 Å². The fraction of sp³-hybridized carbons (Fsp3) is 0.706. The first kappa shape index (κ1) is 31.1. The normalized spacial score (nSPS) is 33.9. The molecule has 0 aromatic heterocycles. The van der Waals surface area contributed by atoms with Crippen LogP contribution in [0.25, 0.3) is 0 Å². The molecule has 0 spiro atoms. The van der Waals surface area contributed by atoms with E-state index in [0.717, 1.165) is 23.7 Å². The van der Waals surface area contributed by atoms with Gasteiger partial charge >= 0.3 is 26.2 Å². The zero-order valence-corrected chi connectivity index (χ0v) is 26.8. The first-order chi connectivity index (χ1) is 15.1. The van der Waals surface area contributed by atoms with Crippen LogP contribution in [0.1, 0.15) is 99.3 Å². The van der Waals surface area contributed by atoms with E-state index in [2.05, 4.69) is 78.0 Å². The molecule has 0 amide bonds. The molecule has 35 heavy (non-hydrogen) atoms. The Morgan fingerprint density at radius 2 is 1.06 bits per heavy atom. The van der Waals surface area contributed by atoms with Gasteiger partial charge in [0, 0.05) is 0 Å². The van der Waals surface area contributed by atoms with Gasteiger partial charge in [0.1, 0.15) is 0 Å². The maximum Gasteiger partial charge on any atom is 4.00 e. The van der Waals surface area contributed by atoms with Crippen LogP contribution in [0.2, 0.25) is 0 Å². The summed E-state index contributed by atoms with van der Waals surface area (Å²) < 4.78 is 0. The minimum absolute atomic E-state index is 0. The predicted molar refractivity (Wildman–Crippen MR) is 151 cm³/mol. The summed E-state index contributed by atoms with van der Waals surface area (Å²) in [7, 11) is 0. The molecule has 4 atom stereocenters. The van der Waals surface area contributed by atoms with Crippen molar-refractivity contribution in [2.75, 3.05) is 0 Å². The third-order valence-electron chi connectivity index (χ3n) is 10.3. The molecule has 5 aliphatic rings. The largest absolute Gasteiger partial charge is 4.00 e. The average Bonchev–Trinajstić information content (AvgIpc) is 3.39. The van der Waals surface area contributed by atoms with Crippen molar-refractivity contribution in [3.63, 3.8) is 0 Å². The summed E-state index contributed by atoms with van der Waals surface area (Å²) >= 11 is 0. The molecular weight excluding hydrogens is 500 g/mol. The summed E-state index contributed by atoms with van der Waals surface area (Å²) in [5.41, 5.74) is 4.24. The number of allylic oxidation sites excluding steroid dienone is 8. The second-order valence-electron chi connectivity index (χ2n) is 14.1. The second kappa shape index (κ2) is 11.3. The molecule has 0 aromatic rings. The smallest absolute Gasteiger partial charge is 0.358 e. The van der Waals surface area contributed by atoms with Gasteiger partial charge in [0.15, 0.2) is 0 Å². The van der Waals surface area contributed by atoms with Crippen molar-refractivity contribution in [2.45, 2.75) is 99.3 Å². The monoisotopic (exact) mass is 552 g/mol. The molecule has 0 aromatic carbocycles. The van der Waals surface area contributed by atoms with E-state index in [4.69, 9.17) is 0 Å². The quantitative estimate of drug-likeness (QED) is 0.298. The summed E-state index contributed by atoms with van der Waals surface area (Å²) in [6.07, 6.45) is 29.2. The van der Waals surface area contributed by atoms with E-state index in [1.165, 1.54) is 57.8 Å². The van der Waals surface area contributed by atoms with E-state index >= 15 is 0 Å². The van der Waals surface area contributed by atoms with Crippen LogP contribution >= 0.6 is 0 Å². The standard InChI is InChI=1S/C32H48.2CH3.Zr/c1-30(2,3)23-14-16-25-26-17-15-24(31(4,5)6)21-28(26)29(27(25)20-23)32(18-10-7-11-19-32)22-12-8-9-13-22;;;/h14-17,20-22,25-29H,7-13,18-19H2,1-6H3;2*1H3;/q;2*-1;+4.